The molecule has 0 aliphatic rings. The van der Waals surface area contributed by atoms with E-state index in [1.165, 1.54) is 12.3 Å². The Morgan fingerprint density at radius 3 is 2.78 bits per heavy atom. The van der Waals surface area contributed by atoms with Gasteiger partial charge in [0.1, 0.15) is 6.26 Å². The molecule has 0 aliphatic carbocycles. The SMILES string of the molecule is Cc1nnc(CNC(=O)C(=O)Nc2ccon2)o1. The zero-order valence-corrected chi connectivity index (χ0v) is 9.34. The molecule has 2 aromatic heterocycles. The van der Waals surface area contributed by atoms with E-state index in [-0.39, 0.29) is 18.3 Å². The lowest BCUT2D eigenvalue weighted by Gasteiger charge is -2.01. The van der Waals surface area contributed by atoms with Crippen LogP contribution in [0.3, 0.4) is 0 Å². The van der Waals surface area contributed by atoms with Gasteiger partial charge >= 0.3 is 11.8 Å². The predicted octanol–water partition coefficient (Wildman–Crippen LogP) is -0.379. The molecule has 0 aromatic carbocycles. The van der Waals surface area contributed by atoms with Crippen molar-refractivity contribution in [2.24, 2.45) is 0 Å². The molecule has 0 atom stereocenters. The van der Waals surface area contributed by atoms with E-state index in [1.807, 2.05) is 0 Å². The molecule has 94 valence electrons. The molecule has 18 heavy (non-hydrogen) atoms. The average molecular weight is 251 g/mol. The van der Waals surface area contributed by atoms with Gasteiger partial charge in [-0.25, -0.2) is 0 Å². The second-order valence-electron chi connectivity index (χ2n) is 3.24. The minimum Gasteiger partial charge on any atom is -0.424 e. The number of aromatic nitrogens is 3. The summed E-state index contributed by atoms with van der Waals surface area (Å²) in [5, 5.41) is 15.2. The predicted molar refractivity (Wildman–Crippen MR) is 56.0 cm³/mol. The molecule has 0 spiro atoms. The minimum absolute atomic E-state index is 0.0219. The van der Waals surface area contributed by atoms with Gasteiger partial charge in [0, 0.05) is 13.0 Å². The van der Waals surface area contributed by atoms with Crippen LogP contribution in [-0.4, -0.2) is 27.2 Å². The summed E-state index contributed by atoms with van der Waals surface area (Å²) in [6.07, 6.45) is 1.27. The number of nitrogens with one attached hydrogen (secondary N) is 2. The zero-order chi connectivity index (χ0) is 13.0. The summed E-state index contributed by atoms with van der Waals surface area (Å²) in [7, 11) is 0. The average Bonchev–Trinajstić information content (AvgIpc) is 2.97. The number of anilines is 1. The van der Waals surface area contributed by atoms with Crippen molar-refractivity contribution in [1.82, 2.24) is 20.7 Å². The first-order valence-corrected chi connectivity index (χ1v) is 4.93. The van der Waals surface area contributed by atoms with E-state index in [9.17, 15) is 9.59 Å². The number of amides is 2. The van der Waals surface area contributed by atoms with Crippen LogP contribution in [0.25, 0.3) is 0 Å². The maximum atomic E-state index is 11.4. The Kier molecular flexibility index (Phi) is 3.32. The molecule has 9 nitrogen and oxygen atoms in total. The van der Waals surface area contributed by atoms with Crippen LogP contribution in [0, 0.1) is 6.92 Å². The van der Waals surface area contributed by atoms with Crippen molar-refractivity contribution in [1.29, 1.82) is 0 Å². The lowest BCUT2D eigenvalue weighted by molar-refractivity contribution is -0.136. The highest BCUT2D eigenvalue weighted by atomic mass is 16.5. The number of carbonyl (C=O) groups excluding carboxylic acids is 2. The smallest absolute Gasteiger partial charge is 0.314 e. The van der Waals surface area contributed by atoms with E-state index in [2.05, 4.69) is 30.5 Å². The lowest BCUT2D eigenvalue weighted by atomic mass is 10.5. The Morgan fingerprint density at radius 2 is 2.17 bits per heavy atom. The van der Waals surface area contributed by atoms with Crippen molar-refractivity contribution >= 4 is 17.6 Å². The highest BCUT2D eigenvalue weighted by molar-refractivity contribution is 6.39. The van der Waals surface area contributed by atoms with E-state index < -0.39 is 11.8 Å². The van der Waals surface area contributed by atoms with Crippen LogP contribution in [0.15, 0.2) is 21.3 Å². The van der Waals surface area contributed by atoms with Gasteiger partial charge in [0.2, 0.25) is 11.8 Å². The van der Waals surface area contributed by atoms with Crippen LogP contribution in [0.1, 0.15) is 11.8 Å². The largest absolute Gasteiger partial charge is 0.424 e. The first-order valence-electron chi connectivity index (χ1n) is 4.93. The van der Waals surface area contributed by atoms with Gasteiger partial charge in [-0.3, -0.25) is 14.9 Å². The van der Waals surface area contributed by atoms with Gasteiger partial charge in [-0.1, -0.05) is 5.16 Å². The third-order valence-corrected chi connectivity index (χ3v) is 1.85. The Bertz CT molecular complexity index is 547. The molecule has 2 aromatic rings. The van der Waals surface area contributed by atoms with Crippen LogP contribution < -0.4 is 10.6 Å². The quantitative estimate of drug-likeness (QED) is 0.712. The third kappa shape index (κ3) is 2.90. The maximum Gasteiger partial charge on any atom is 0.314 e. The van der Waals surface area contributed by atoms with E-state index in [0.29, 0.717) is 5.89 Å². The highest BCUT2D eigenvalue weighted by Gasteiger charge is 2.15. The Morgan fingerprint density at radius 1 is 1.33 bits per heavy atom. The van der Waals surface area contributed by atoms with E-state index in [4.69, 9.17) is 4.42 Å². The number of rotatable bonds is 3. The zero-order valence-electron chi connectivity index (χ0n) is 9.34. The molecule has 2 amide bonds. The number of aryl methyl sites for hydroxylation is 1. The number of nitrogens with zero attached hydrogens (tertiary/aromatic N) is 3. The van der Waals surface area contributed by atoms with E-state index >= 15 is 0 Å². The molecule has 9 heteroatoms. The molecule has 0 saturated heterocycles. The molecule has 0 aliphatic heterocycles. The Labute approximate surface area is 101 Å². The molecule has 2 heterocycles. The molecule has 2 rings (SSSR count). The maximum absolute atomic E-state index is 11.4. The summed E-state index contributed by atoms with van der Waals surface area (Å²) < 4.78 is 9.52. The molecular formula is C9H9N5O4. The van der Waals surface area contributed by atoms with Gasteiger partial charge in [-0.2, -0.15) is 0 Å². The van der Waals surface area contributed by atoms with E-state index in [0.717, 1.165) is 0 Å². The van der Waals surface area contributed by atoms with Gasteiger partial charge in [-0.15, -0.1) is 10.2 Å². The second kappa shape index (κ2) is 5.08. The van der Waals surface area contributed by atoms with Gasteiger partial charge in [0.15, 0.2) is 5.82 Å². The number of hydrogen-bond acceptors (Lipinski definition) is 7. The first-order chi connectivity index (χ1) is 8.65. The van der Waals surface area contributed by atoms with Crippen molar-refractivity contribution in [3.8, 4) is 0 Å². The Hall–Kier alpha value is -2.71. The molecule has 2 N–H and O–H groups in total. The van der Waals surface area contributed by atoms with Crippen LogP contribution in [-0.2, 0) is 16.1 Å². The van der Waals surface area contributed by atoms with Crippen molar-refractivity contribution in [2.75, 3.05) is 5.32 Å². The molecule has 0 fully saturated rings. The fourth-order valence-electron chi connectivity index (χ4n) is 1.10. The fraction of sp³-hybridized carbons (Fsp3) is 0.222. The van der Waals surface area contributed by atoms with Crippen LogP contribution in [0.5, 0.6) is 0 Å². The summed E-state index contributed by atoms with van der Waals surface area (Å²) >= 11 is 0. The fourth-order valence-corrected chi connectivity index (χ4v) is 1.10. The second-order valence-corrected chi connectivity index (χ2v) is 3.24. The first kappa shape index (κ1) is 11.8. The minimum atomic E-state index is -0.861. The summed E-state index contributed by atoms with van der Waals surface area (Å²) in [4.78, 5) is 22.7. The van der Waals surface area contributed by atoms with Gasteiger partial charge in [0.25, 0.3) is 0 Å². The van der Waals surface area contributed by atoms with Crippen molar-refractivity contribution in [3.05, 3.63) is 24.1 Å². The monoisotopic (exact) mass is 251 g/mol. The molecule has 0 bridgehead atoms. The number of hydrogen-bond donors (Lipinski definition) is 2. The molecular weight excluding hydrogens is 242 g/mol. The molecule has 0 unspecified atom stereocenters. The number of carbonyl (C=O) groups is 2. The van der Waals surface area contributed by atoms with Gasteiger partial charge in [-0.05, 0) is 0 Å². The topological polar surface area (TPSA) is 123 Å². The normalized spacial score (nSPS) is 10.1. The molecule has 0 saturated carbocycles. The summed E-state index contributed by atoms with van der Waals surface area (Å²) in [5.41, 5.74) is 0. The van der Waals surface area contributed by atoms with Crippen molar-refractivity contribution in [2.45, 2.75) is 13.5 Å². The van der Waals surface area contributed by atoms with Crippen LogP contribution in [0.4, 0.5) is 5.82 Å². The third-order valence-electron chi connectivity index (χ3n) is 1.85. The highest BCUT2D eigenvalue weighted by Crippen LogP contribution is 2.00. The van der Waals surface area contributed by atoms with Crippen molar-refractivity contribution < 1.29 is 18.5 Å². The Balaban J connectivity index is 1.82. The standard InChI is InChI=1S/C9H9N5O4/c1-5-12-13-7(18-5)4-10-8(15)9(16)11-6-2-3-17-14-6/h2-3H,4H2,1H3,(H,10,15)(H,11,14,16). The van der Waals surface area contributed by atoms with Crippen LogP contribution in [0.2, 0.25) is 0 Å². The van der Waals surface area contributed by atoms with Gasteiger partial charge in [0.05, 0.1) is 6.54 Å². The molecule has 0 radical (unpaired) electrons. The summed E-state index contributed by atoms with van der Waals surface area (Å²) in [5.74, 6) is -0.945. The van der Waals surface area contributed by atoms with Crippen molar-refractivity contribution in [3.63, 3.8) is 0 Å². The van der Waals surface area contributed by atoms with Gasteiger partial charge < -0.3 is 14.3 Å². The lowest BCUT2D eigenvalue weighted by Crippen LogP contribution is -2.35. The van der Waals surface area contributed by atoms with E-state index in [1.54, 1.807) is 6.92 Å². The summed E-state index contributed by atoms with van der Waals surface area (Å²) in [6, 6.07) is 1.41. The van der Waals surface area contributed by atoms with Crippen LogP contribution >= 0.6 is 0 Å². The summed E-state index contributed by atoms with van der Waals surface area (Å²) in [6.45, 7) is 1.60.